The van der Waals surface area contributed by atoms with Crippen molar-refractivity contribution in [3.05, 3.63) is 0 Å². The highest BCUT2D eigenvalue weighted by Crippen LogP contribution is 2.17. The van der Waals surface area contributed by atoms with Gasteiger partial charge in [0.2, 0.25) is 0 Å². The van der Waals surface area contributed by atoms with Crippen LogP contribution in [-0.4, -0.2) is 64.8 Å². The van der Waals surface area contributed by atoms with Crippen molar-refractivity contribution >= 4 is 12.0 Å². The number of carbonyl (C=O) groups is 2. The van der Waals surface area contributed by atoms with Crippen molar-refractivity contribution in [1.82, 2.24) is 9.80 Å². The average Bonchev–Trinajstić information content (AvgIpc) is 2.33. The second-order valence-electron chi connectivity index (χ2n) is 5.37. The standard InChI is InChI=1S/C12H19N3O4/c1-12(2,3)15(8-10(16)17)11(18)14-4-5-19-9(6-13)7-14/h9H,4-5,7-8H2,1-3H3,(H,16,17). The van der Waals surface area contributed by atoms with Crippen LogP contribution in [-0.2, 0) is 9.53 Å². The summed E-state index contributed by atoms with van der Waals surface area (Å²) in [5.41, 5.74) is -0.601. The van der Waals surface area contributed by atoms with Crippen LogP contribution in [0.5, 0.6) is 0 Å². The average molecular weight is 269 g/mol. The summed E-state index contributed by atoms with van der Waals surface area (Å²) in [6.45, 7) is 5.78. The van der Waals surface area contributed by atoms with Gasteiger partial charge in [-0.25, -0.2) is 4.79 Å². The van der Waals surface area contributed by atoms with E-state index in [1.807, 2.05) is 6.07 Å². The molecule has 0 aliphatic carbocycles. The predicted molar refractivity (Wildman–Crippen MR) is 66.4 cm³/mol. The summed E-state index contributed by atoms with van der Waals surface area (Å²) < 4.78 is 5.16. The molecular formula is C12H19N3O4. The second-order valence-corrected chi connectivity index (χ2v) is 5.37. The maximum atomic E-state index is 12.4. The molecule has 0 aromatic heterocycles. The molecule has 1 aliphatic heterocycles. The first-order valence-electron chi connectivity index (χ1n) is 6.05. The zero-order chi connectivity index (χ0) is 14.6. The topological polar surface area (TPSA) is 93.9 Å². The van der Waals surface area contributed by atoms with E-state index in [9.17, 15) is 9.59 Å². The number of nitrogens with zero attached hydrogens (tertiary/aromatic N) is 3. The van der Waals surface area contributed by atoms with Crippen LogP contribution >= 0.6 is 0 Å². The fourth-order valence-electron chi connectivity index (χ4n) is 1.80. The number of hydrogen-bond acceptors (Lipinski definition) is 4. The molecule has 0 saturated carbocycles. The first kappa shape index (κ1) is 15.2. The lowest BCUT2D eigenvalue weighted by atomic mass is 10.1. The van der Waals surface area contributed by atoms with Gasteiger partial charge in [-0.15, -0.1) is 0 Å². The summed E-state index contributed by atoms with van der Waals surface area (Å²) in [7, 11) is 0. The van der Waals surface area contributed by atoms with Gasteiger partial charge in [0.15, 0.2) is 6.10 Å². The van der Waals surface area contributed by atoms with E-state index in [4.69, 9.17) is 15.1 Å². The molecule has 0 spiro atoms. The van der Waals surface area contributed by atoms with Crippen LogP contribution in [0.4, 0.5) is 4.79 Å². The highest BCUT2D eigenvalue weighted by Gasteiger charge is 2.34. The quantitative estimate of drug-likeness (QED) is 0.788. The van der Waals surface area contributed by atoms with Crippen LogP contribution < -0.4 is 0 Å². The Morgan fingerprint density at radius 2 is 2.16 bits per heavy atom. The molecule has 1 unspecified atom stereocenters. The summed E-state index contributed by atoms with van der Waals surface area (Å²) in [4.78, 5) is 26.0. The van der Waals surface area contributed by atoms with Crippen LogP contribution in [0.2, 0.25) is 0 Å². The van der Waals surface area contributed by atoms with Crippen LogP contribution in [0.25, 0.3) is 0 Å². The molecule has 19 heavy (non-hydrogen) atoms. The maximum Gasteiger partial charge on any atom is 0.323 e. The Kier molecular flexibility index (Phi) is 4.72. The number of urea groups is 1. The SMILES string of the molecule is CC(C)(C)N(CC(=O)O)C(=O)N1CCOC(C#N)C1. The number of hydrogen-bond donors (Lipinski definition) is 1. The fourth-order valence-corrected chi connectivity index (χ4v) is 1.80. The van der Waals surface area contributed by atoms with E-state index in [1.54, 1.807) is 20.8 Å². The lowest BCUT2D eigenvalue weighted by Gasteiger charge is -2.40. The normalized spacial score (nSPS) is 19.7. The van der Waals surface area contributed by atoms with Crippen LogP contribution in [0.1, 0.15) is 20.8 Å². The molecule has 1 saturated heterocycles. The van der Waals surface area contributed by atoms with Crippen molar-refractivity contribution in [2.24, 2.45) is 0 Å². The molecule has 7 heteroatoms. The summed E-state index contributed by atoms with van der Waals surface area (Å²) >= 11 is 0. The third-order valence-electron chi connectivity index (χ3n) is 2.81. The van der Waals surface area contributed by atoms with Gasteiger partial charge >= 0.3 is 12.0 Å². The first-order valence-corrected chi connectivity index (χ1v) is 6.05. The first-order chi connectivity index (χ1) is 8.75. The van der Waals surface area contributed by atoms with E-state index in [0.29, 0.717) is 6.54 Å². The number of aliphatic carboxylic acids is 1. The van der Waals surface area contributed by atoms with Gasteiger partial charge in [0.1, 0.15) is 6.54 Å². The van der Waals surface area contributed by atoms with E-state index in [1.165, 1.54) is 9.80 Å². The van der Waals surface area contributed by atoms with Gasteiger partial charge in [0.25, 0.3) is 0 Å². The summed E-state index contributed by atoms with van der Waals surface area (Å²) in [5, 5.41) is 17.7. The largest absolute Gasteiger partial charge is 0.480 e. The number of carbonyl (C=O) groups excluding carboxylic acids is 1. The van der Waals surface area contributed by atoms with E-state index >= 15 is 0 Å². The Labute approximate surface area is 112 Å². The molecule has 2 amide bonds. The minimum atomic E-state index is -1.06. The lowest BCUT2D eigenvalue weighted by molar-refractivity contribution is -0.139. The zero-order valence-corrected chi connectivity index (χ0v) is 11.4. The third-order valence-corrected chi connectivity index (χ3v) is 2.81. The van der Waals surface area contributed by atoms with Crippen molar-refractivity contribution in [1.29, 1.82) is 5.26 Å². The van der Waals surface area contributed by atoms with Crippen molar-refractivity contribution in [3.63, 3.8) is 0 Å². The number of ether oxygens (including phenoxy) is 1. The third kappa shape index (κ3) is 4.10. The van der Waals surface area contributed by atoms with Gasteiger partial charge in [-0.3, -0.25) is 4.79 Å². The summed E-state index contributed by atoms with van der Waals surface area (Å²) in [5.74, 6) is -1.06. The number of carboxylic acid groups (broad SMARTS) is 1. The van der Waals surface area contributed by atoms with E-state index < -0.39 is 17.6 Å². The molecule has 106 valence electrons. The predicted octanol–water partition coefficient (Wildman–Crippen LogP) is 0.516. The molecule has 0 aromatic carbocycles. The summed E-state index contributed by atoms with van der Waals surface area (Å²) in [6, 6.07) is 1.58. The summed E-state index contributed by atoms with van der Waals surface area (Å²) in [6.07, 6.45) is -0.649. The van der Waals surface area contributed by atoms with E-state index in [-0.39, 0.29) is 25.7 Å². The molecular weight excluding hydrogens is 250 g/mol. The minimum Gasteiger partial charge on any atom is -0.480 e. The minimum absolute atomic E-state index is 0.168. The van der Waals surface area contributed by atoms with Gasteiger partial charge in [0.05, 0.1) is 19.2 Å². The van der Waals surface area contributed by atoms with E-state index in [0.717, 1.165) is 0 Å². The van der Waals surface area contributed by atoms with Crippen molar-refractivity contribution < 1.29 is 19.4 Å². The van der Waals surface area contributed by atoms with Crippen molar-refractivity contribution in [2.75, 3.05) is 26.2 Å². The van der Waals surface area contributed by atoms with Gasteiger partial charge < -0.3 is 19.6 Å². The Morgan fingerprint density at radius 1 is 1.53 bits per heavy atom. The number of carboxylic acids is 1. The van der Waals surface area contributed by atoms with E-state index in [2.05, 4.69) is 0 Å². The Morgan fingerprint density at radius 3 is 2.63 bits per heavy atom. The van der Waals surface area contributed by atoms with Crippen LogP contribution in [0.3, 0.4) is 0 Å². The Balaban J connectivity index is 2.82. The molecule has 1 atom stereocenters. The number of amides is 2. The fraction of sp³-hybridized carbons (Fsp3) is 0.750. The Bertz CT molecular complexity index is 397. The smallest absolute Gasteiger partial charge is 0.323 e. The van der Waals surface area contributed by atoms with Gasteiger partial charge in [-0.1, -0.05) is 0 Å². The molecule has 0 bridgehead atoms. The molecule has 1 rings (SSSR count). The van der Waals surface area contributed by atoms with Crippen LogP contribution in [0, 0.1) is 11.3 Å². The number of morpholine rings is 1. The van der Waals surface area contributed by atoms with Gasteiger partial charge in [-0.2, -0.15) is 5.26 Å². The van der Waals surface area contributed by atoms with Crippen LogP contribution in [0.15, 0.2) is 0 Å². The maximum absolute atomic E-state index is 12.4. The van der Waals surface area contributed by atoms with Crippen molar-refractivity contribution in [2.45, 2.75) is 32.4 Å². The molecule has 1 N–H and O–H groups in total. The number of rotatable bonds is 2. The van der Waals surface area contributed by atoms with Crippen molar-refractivity contribution in [3.8, 4) is 6.07 Å². The van der Waals surface area contributed by atoms with Gasteiger partial charge in [0, 0.05) is 12.1 Å². The molecule has 1 aliphatic rings. The lowest BCUT2D eigenvalue weighted by Crippen LogP contribution is -2.57. The molecule has 1 fully saturated rings. The zero-order valence-electron chi connectivity index (χ0n) is 11.4. The molecule has 0 aromatic rings. The highest BCUT2D eigenvalue weighted by atomic mass is 16.5. The molecule has 0 radical (unpaired) electrons. The molecule has 1 heterocycles. The number of nitriles is 1. The van der Waals surface area contributed by atoms with Gasteiger partial charge in [-0.05, 0) is 20.8 Å². The molecule has 7 nitrogen and oxygen atoms in total. The monoisotopic (exact) mass is 269 g/mol. The highest BCUT2D eigenvalue weighted by molar-refractivity contribution is 5.81. The Hall–Kier alpha value is -1.81. The second kappa shape index (κ2) is 5.89.